The van der Waals surface area contributed by atoms with Crippen LogP contribution in [0.4, 0.5) is 23.9 Å². The Kier molecular flexibility index (Phi) is 8.51. The Morgan fingerprint density at radius 3 is 2.49 bits per heavy atom. The van der Waals surface area contributed by atoms with E-state index in [0.29, 0.717) is 10.6 Å². The van der Waals surface area contributed by atoms with E-state index < -0.39 is 42.7 Å². The normalized spacial score (nSPS) is 12.6. The number of carbonyl (C=O) groups excluding carboxylic acids is 3. The van der Waals surface area contributed by atoms with Crippen LogP contribution in [-0.2, 0) is 33.3 Å². The van der Waals surface area contributed by atoms with Gasteiger partial charge in [0.2, 0.25) is 0 Å². The van der Waals surface area contributed by atoms with Crippen LogP contribution < -0.4 is 15.4 Å². The van der Waals surface area contributed by atoms with Gasteiger partial charge in [0.05, 0.1) is 11.1 Å². The van der Waals surface area contributed by atoms with Crippen LogP contribution in [0.5, 0.6) is 5.75 Å². The van der Waals surface area contributed by atoms with Crippen LogP contribution >= 0.6 is 11.3 Å². The molecular formula is C27H22F3N3O5S. The number of hydrogen-bond donors (Lipinski definition) is 2. The fourth-order valence-corrected chi connectivity index (χ4v) is 5.27. The highest BCUT2D eigenvalue weighted by Gasteiger charge is 2.30. The maximum absolute atomic E-state index is 12.9. The summed E-state index contributed by atoms with van der Waals surface area (Å²) < 4.78 is 49.2. The molecule has 12 heteroatoms. The molecule has 0 bridgehead atoms. The van der Waals surface area contributed by atoms with E-state index in [0.717, 1.165) is 54.3 Å². The average molecular weight is 558 g/mol. The van der Waals surface area contributed by atoms with Crippen molar-refractivity contribution < 1.29 is 37.0 Å². The molecule has 2 amide bonds. The SMILES string of the molecule is N#Cc1c(NC(=O)COC(=O)c2ccccc2OCC(=O)Nc2cccc(C(F)(F)F)c2)sc2c1CCCC2. The van der Waals surface area contributed by atoms with Crippen LogP contribution in [-0.4, -0.2) is 31.0 Å². The van der Waals surface area contributed by atoms with Gasteiger partial charge in [-0.1, -0.05) is 18.2 Å². The maximum atomic E-state index is 12.9. The first-order valence-corrected chi connectivity index (χ1v) is 12.7. The van der Waals surface area contributed by atoms with E-state index >= 15 is 0 Å². The van der Waals surface area contributed by atoms with Crippen molar-refractivity contribution in [3.63, 3.8) is 0 Å². The molecule has 0 saturated heterocycles. The topological polar surface area (TPSA) is 118 Å². The summed E-state index contributed by atoms with van der Waals surface area (Å²) in [5.41, 5.74) is 0.367. The largest absolute Gasteiger partial charge is 0.483 e. The van der Waals surface area contributed by atoms with E-state index in [4.69, 9.17) is 9.47 Å². The second-order valence-corrected chi connectivity index (χ2v) is 9.67. The summed E-state index contributed by atoms with van der Waals surface area (Å²) in [6, 6.07) is 12.1. The number of benzene rings is 2. The molecule has 1 aliphatic carbocycles. The summed E-state index contributed by atoms with van der Waals surface area (Å²) >= 11 is 1.35. The van der Waals surface area contributed by atoms with Crippen molar-refractivity contribution in [2.75, 3.05) is 23.8 Å². The lowest BCUT2D eigenvalue weighted by Gasteiger charge is -2.12. The van der Waals surface area contributed by atoms with Crippen LogP contribution in [0.25, 0.3) is 0 Å². The monoisotopic (exact) mass is 557 g/mol. The van der Waals surface area contributed by atoms with Crippen molar-refractivity contribution in [3.8, 4) is 11.8 Å². The fraction of sp³-hybridized carbons (Fsp3) is 0.259. The average Bonchev–Trinajstić information content (AvgIpc) is 3.27. The molecule has 1 heterocycles. The molecule has 202 valence electrons. The lowest BCUT2D eigenvalue weighted by atomic mass is 9.96. The number of anilines is 2. The molecule has 1 aliphatic rings. The van der Waals surface area contributed by atoms with Gasteiger partial charge in [0.1, 0.15) is 22.4 Å². The van der Waals surface area contributed by atoms with Gasteiger partial charge in [0.25, 0.3) is 11.8 Å². The number of ether oxygens (including phenoxy) is 2. The molecule has 2 aromatic carbocycles. The number of para-hydroxylation sites is 1. The Morgan fingerprint density at radius 1 is 0.974 bits per heavy atom. The van der Waals surface area contributed by atoms with E-state index in [1.165, 1.54) is 35.6 Å². The number of esters is 1. The second-order valence-electron chi connectivity index (χ2n) is 8.56. The van der Waals surface area contributed by atoms with Crippen molar-refractivity contribution in [2.24, 2.45) is 0 Å². The minimum Gasteiger partial charge on any atom is -0.483 e. The molecule has 0 fully saturated rings. The zero-order valence-corrected chi connectivity index (χ0v) is 21.2. The Hall–Kier alpha value is -4.37. The number of nitrogens with one attached hydrogen (secondary N) is 2. The smallest absolute Gasteiger partial charge is 0.416 e. The van der Waals surface area contributed by atoms with E-state index in [1.807, 2.05) is 0 Å². The molecule has 39 heavy (non-hydrogen) atoms. The minimum atomic E-state index is -4.56. The van der Waals surface area contributed by atoms with Gasteiger partial charge in [-0.2, -0.15) is 18.4 Å². The minimum absolute atomic E-state index is 0.0141. The molecule has 0 unspecified atom stereocenters. The van der Waals surface area contributed by atoms with Gasteiger partial charge in [-0.05, 0) is 61.6 Å². The summed E-state index contributed by atoms with van der Waals surface area (Å²) in [7, 11) is 0. The Morgan fingerprint density at radius 2 is 1.72 bits per heavy atom. The lowest BCUT2D eigenvalue weighted by molar-refractivity contribution is -0.137. The molecule has 8 nitrogen and oxygen atoms in total. The molecule has 0 aliphatic heterocycles. The molecule has 0 atom stereocenters. The number of alkyl halides is 3. The van der Waals surface area contributed by atoms with Gasteiger partial charge < -0.3 is 20.1 Å². The van der Waals surface area contributed by atoms with Gasteiger partial charge in [-0.15, -0.1) is 11.3 Å². The number of carbonyl (C=O) groups is 3. The molecule has 3 aromatic rings. The van der Waals surface area contributed by atoms with E-state index in [1.54, 1.807) is 6.07 Å². The Bertz CT molecular complexity index is 1450. The van der Waals surface area contributed by atoms with Gasteiger partial charge in [0.15, 0.2) is 13.2 Å². The zero-order chi connectivity index (χ0) is 28.0. The molecule has 0 saturated carbocycles. The molecule has 4 rings (SSSR count). The molecule has 0 spiro atoms. The number of nitrogens with zero attached hydrogens (tertiary/aromatic N) is 1. The van der Waals surface area contributed by atoms with Gasteiger partial charge >= 0.3 is 12.1 Å². The van der Waals surface area contributed by atoms with E-state index in [2.05, 4.69) is 16.7 Å². The van der Waals surface area contributed by atoms with E-state index in [9.17, 15) is 32.8 Å². The van der Waals surface area contributed by atoms with Crippen molar-refractivity contribution in [2.45, 2.75) is 31.9 Å². The number of rotatable bonds is 8. The fourth-order valence-electron chi connectivity index (χ4n) is 4.02. The van der Waals surface area contributed by atoms with Crippen molar-refractivity contribution in [1.82, 2.24) is 0 Å². The highest BCUT2D eigenvalue weighted by molar-refractivity contribution is 7.16. The van der Waals surface area contributed by atoms with Gasteiger partial charge in [0, 0.05) is 10.6 Å². The number of thiophene rings is 1. The van der Waals surface area contributed by atoms with Crippen LogP contribution in [0.3, 0.4) is 0 Å². The van der Waals surface area contributed by atoms with Crippen LogP contribution in [0.2, 0.25) is 0 Å². The summed E-state index contributed by atoms with van der Waals surface area (Å²) in [5, 5.41) is 14.9. The number of aryl methyl sites for hydroxylation is 1. The summed E-state index contributed by atoms with van der Waals surface area (Å²) in [6.45, 7) is -1.21. The highest BCUT2D eigenvalue weighted by Crippen LogP contribution is 2.37. The number of amides is 2. The zero-order valence-electron chi connectivity index (χ0n) is 20.4. The predicted octanol–water partition coefficient (Wildman–Crippen LogP) is 5.33. The third-order valence-electron chi connectivity index (χ3n) is 5.81. The molecular weight excluding hydrogens is 535 g/mol. The Balaban J connectivity index is 1.32. The van der Waals surface area contributed by atoms with Crippen molar-refractivity contribution in [1.29, 1.82) is 5.26 Å². The number of fused-ring (bicyclic) bond motifs is 1. The highest BCUT2D eigenvalue weighted by atomic mass is 32.1. The third kappa shape index (κ3) is 6.94. The van der Waals surface area contributed by atoms with E-state index in [-0.39, 0.29) is 17.0 Å². The number of nitriles is 1. The molecule has 0 radical (unpaired) electrons. The first kappa shape index (κ1) is 27.7. The van der Waals surface area contributed by atoms with Crippen LogP contribution in [0.15, 0.2) is 48.5 Å². The third-order valence-corrected chi connectivity index (χ3v) is 7.02. The molecule has 1 aromatic heterocycles. The maximum Gasteiger partial charge on any atom is 0.416 e. The van der Waals surface area contributed by atoms with Crippen LogP contribution in [0.1, 0.15) is 44.8 Å². The van der Waals surface area contributed by atoms with Crippen molar-refractivity contribution >= 4 is 39.8 Å². The lowest BCUT2D eigenvalue weighted by Crippen LogP contribution is -2.23. The van der Waals surface area contributed by atoms with Crippen molar-refractivity contribution in [3.05, 3.63) is 75.7 Å². The number of halogens is 3. The first-order valence-electron chi connectivity index (χ1n) is 11.9. The summed E-state index contributed by atoms with van der Waals surface area (Å²) in [5.74, 6) is -2.26. The van der Waals surface area contributed by atoms with Gasteiger partial charge in [-0.3, -0.25) is 9.59 Å². The molecule has 2 N–H and O–H groups in total. The van der Waals surface area contributed by atoms with Gasteiger partial charge in [-0.25, -0.2) is 4.79 Å². The quantitative estimate of drug-likeness (QED) is 0.362. The summed E-state index contributed by atoms with van der Waals surface area (Å²) in [6.07, 6.45) is -0.910. The first-order chi connectivity index (χ1) is 18.7. The number of hydrogen-bond acceptors (Lipinski definition) is 7. The second kappa shape index (κ2) is 12.0. The Labute approximate surface area is 225 Å². The standard InChI is InChI=1S/C27H22F3N3O5S/c28-27(29,30)16-6-5-7-17(12-16)32-23(34)14-37-21-10-3-1-9-19(21)26(36)38-15-24(35)33-25-20(13-31)18-8-2-4-11-22(18)39-25/h1,3,5-7,9-10,12H,2,4,8,11,14-15H2,(H,32,34)(H,33,35). The summed E-state index contributed by atoms with van der Waals surface area (Å²) in [4.78, 5) is 38.4. The predicted molar refractivity (Wildman–Crippen MR) is 137 cm³/mol. The van der Waals surface area contributed by atoms with Crippen LogP contribution in [0, 0.1) is 11.3 Å².